The number of hydrogen-bond donors (Lipinski definition) is 0. The fraction of sp³-hybridized carbons (Fsp3) is 0. The molecule has 20 heavy (non-hydrogen) atoms. The molecule has 0 saturated carbocycles. The van der Waals surface area contributed by atoms with Gasteiger partial charge in [-0.3, -0.25) is 0 Å². The molecule has 0 fully saturated rings. The minimum atomic E-state index is -0.0940. The van der Waals surface area contributed by atoms with Crippen molar-refractivity contribution in [2.24, 2.45) is 0 Å². The van der Waals surface area contributed by atoms with E-state index in [9.17, 15) is 10.2 Å². The largest absolute Gasteiger partial charge is 0.872 e. The Bertz CT molecular complexity index is 957. The maximum Gasteiger partial charge on any atom is -0.00386 e. The zero-order chi connectivity index (χ0) is 13.7. The van der Waals surface area contributed by atoms with Crippen LogP contribution >= 0.6 is 0 Å². The van der Waals surface area contributed by atoms with E-state index < -0.39 is 0 Å². The Morgan fingerprint density at radius 2 is 1.50 bits per heavy atom. The van der Waals surface area contributed by atoms with E-state index in [1.165, 1.54) is 12.2 Å². The molecular weight excluding hydrogens is 248 g/mol. The first-order valence-electron chi connectivity index (χ1n) is 6.47. The topological polar surface area (TPSA) is 46.1 Å². The lowest BCUT2D eigenvalue weighted by atomic mass is 9.94. The van der Waals surface area contributed by atoms with Crippen LogP contribution in [0.5, 0.6) is 5.75 Å². The Hall–Kier alpha value is -2.74. The first-order valence-corrected chi connectivity index (χ1v) is 6.47. The van der Waals surface area contributed by atoms with Crippen molar-refractivity contribution in [1.82, 2.24) is 0 Å². The van der Waals surface area contributed by atoms with Crippen LogP contribution in [0.4, 0.5) is 0 Å². The van der Waals surface area contributed by atoms with Gasteiger partial charge in [0.25, 0.3) is 0 Å². The van der Waals surface area contributed by atoms with Gasteiger partial charge < -0.3 is 10.2 Å². The lowest BCUT2D eigenvalue weighted by molar-refractivity contribution is -0.294. The van der Waals surface area contributed by atoms with Crippen molar-refractivity contribution in [2.75, 3.05) is 0 Å². The summed E-state index contributed by atoms with van der Waals surface area (Å²) < 4.78 is 0. The van der Waals surface area contributed by atoms with Crippen LogP contribution in [0.3, 0.4) is 0 Å². The Morgan fingerprint density at radius 3 is 2.30 bits per heavy atom. The van der Waals surface area contributed by atoms with Gasteiger partial charge in [0.15, 0.2) is 0 Å². The minimum absolute atomic E-state index is 0.0140. The molecule has 1 aliphatic rings. The average Bonchev–Trinajstić information content (AvgIpc) is 2.67. The molecule has 2 nitrogen and oxygen atoms in total. The molecule has 3 aromatic carbocycles. The van der Waals surface area contributed by atoms with Gasteiger partial charge in [-0.15, -0.1) is 5.76 Å². The third kappa shape index (κ3) is 1.39. The zero-order valence-corrected chi connectivity index (χ0v) is 10.6. The van der Waals surface area contributed by atoms with Gasteiger partial charge in [-0.1, -0.05) is 66.5 Å². The zero-order valence-electron chi connectivity index (χ0n) is 10.6. The first kappa shape index (κ1) is 11.1. The second kappa shape index (κ2) is 3.87. The molecule has 1 aliphatic carbocycles. The maximum absolute atomic E-state index is 12.6. The SMILES string of the molecule is [O-]C1=CC=c2c(c([O-])c3cccc4cccc2c43)C=C1. The van der Waals surface area contributed by atoms with Gasteiger partial charge in [-0.2, -0.15) is 0 Å². The second-order valence-corrected chi connectivity index (χ2v) is 4.93. The van der Waals surface area contributed by atoms with Crippen LogP contribution in [0.25, 0.3) is 33.7 Å². The quantitative estimate of drug-likeness (QED) is 0.617. The lowest BCUT2D eigenvalue weighted by Gasteiger charge is -2.18. The number of fused-ring (bicyclic) bond motifs is 2. The molecule has 0 bridgehead atoms. The van der Waals surface area contributed by atoms with Crippen molar-refractivity contribution in [3.05, 3.63) is 65.1 Å². The summed E-state index contributed by atoms with van der Waals surface area (Å²) in [5.74, 6) is -0.108. The van der Waals surface area contributed by atoms with Gasteiger partial charge in [-0.05, 0) is 32.3 Å². The predicted molar refractivity (Wildman–Crippen MR) is 77.7 cm³/mol. The Morgan fingerprint density at radius 1 is 0.750 bits per heavy atom. The molecule has 2 heteroatoms. The molecule has 0 spiro atoms. The fourth-order valence-corrected chi connectivity index (χ4v) is 2.90. The maximum atomic E-state index is 12.6. The molecule has 0 aromatic heterocycles. The van der Waals surface area contributed by atoms with Crippen molar-refractivity contribution in [3.63, 3.8) is 0 Å². The molecule has 0 heterocycles. The molecule has 0 saturated heterocycles. The van der Waals surface area contributed by atoms with Gasteiger partial charge >= 0.3 is 0 Å². The molecule has 4 rings (SSSR count). The minimum Gasteiger partial charge on any atom is -0.872 e. The number of allylic oxidation sites excluding steroid dienone is 2. The Balaban J connectivity index is 2.36. The molecule has 0 aliphatic heterocycles. The molecule has 0 atom stereocenters. The van der Waals surface area contributed by atoms with E-state index >= 15 is 0 Å². The van der Waals surface area contributed by atoms with Crippen LogP contribution in [0.1, 0.15) is 5.56 Å². The smallest absolute Gasteiger partial charge is 0.00386 e. The summed E-state index contributed by atoms with van der Waals surface area (Å²) in [6.07, 6.45) is 6.35. The van der Waals surface area contributed by atoms with Gasteiger partial charge in [0.2, 0.25) is 0 Å². The van der Waals surface area contributed by atoms with Crippen molar-refractivity contribution < 1.29 is 10.2 Å². The number of hydrogen-bond acceptors (Lipinski definition) is 2. The van der Waals surface area contributed by atoms with Crippen molar-refractivity contribution >= 4 is 33.7 Å². The molecule has 0 N–H and O–H groups in total. The molecule has 96 valence electrons. The van der Waals surface area contributed by atoms with E-state index in [0.717, 1.165) is 21.4 Å². The van der Waals surface area contributed by atoms with Gasteiger partial charge in [0.1, 0.15) is 0 Å². The Labute approximate surface area is 115 Å². The van der Waals surface area contributed by atoms with E-state index in [1.807, 2.05) is 36.4 Å². The van der Waals surface area contributed by atoms with Crippen LogP contribution in [0, 0.1) is 0 Å². The number of rotatable bonds is 0. The number of benzene rings is 3. The van der Waals surface area contributed by atoms with Gasteiger partial charge in [-0.25, -0.2) is 0 Å². The highest BCUT2D eigenvalue weighted by Gasteiger charge is 2.08. The third-order valence-corrected chi connectivity index (χ3v) is 3.80. The fourth-order valence-electron chi connectivity index (χ4n) is 2.90. The van der Waals surface area contributed by atoms with Crippen LogP contribution in [0.2, 0.25) is 0 Å². The monoisotopic (exact) mass is 258 g/mol. The van der Waals surface area contributed by atoms with Crippen LogP contribution in [0.15, 0.2) is 54.3 Å². The van der Waals surface area contributed by atoms with E-state index in [2.05, 4.69) is 0 Å². The normalized spacial score (nSPS) is 13.9. The van der Waals surface area contributed by atoms with E-state index in [1.54, 1.807) is 12.2 Å². The van der Waals surface area contributed by atoms with Crippen LogP contribution in [-0.2, 0) is 0 Å². The molecule has 0 amide bonds. The molecule has 0 radical (unpaired) electrons. The highest BCUT2D eigenvalue weighted by molar-refractivity contribution is 6.13. The predicted octanol–water partition coefficient (Wildman–Crippen LogP) is 1.84. The van der Waals surface area contributed by atoms with Crippen molar-refractivity contribution in [3.8, 4) is 5.75 Å². The van der Waals surface area contributed by atoms with Gasteiger partial charge in [0.05, 0.1) is 0 Å². The molecule has 0 unspecified atom stereocenters. The first-order chi connectivity index (χ1) is 9.75. The molecular formula is C18H10O2-2. The van der Waals surface area contributed by atoms with E-state index in [-0.39, 0.29) is 11.5 Å². The van der Waals surface area contributed by atoms with Crippen molar-refractivity contribution in [2.45, 2.75) is 0 Å². The highest BCUT2D eigenvalue weighted by Crippen LogP contribution is 2.32. The summed E-state index contributed by atoms with van der Waals surface area (Å²) in [6.45, 7) is 0. The second-order valence-electron chi connectivity index (χ2n) is 4.93. The lowest BCUT2D eigenvalue weighted by Crippen LogP contribution is -2.11. The average molecular weight is 258 g/mol. The Kier molecular flexibility index (Phi) is 2.15. The molecule has 3 aromatic rings. The summed E-state index contributed by atoms with van der Waals surface area (Å²) in [7, 11) is 0. The van der Waals surface area contributed by atoms with Crippen LogP contribution in [-0.4, -0.2) is 0 Å². The summed E-state index contributed by atoms with van der Waals surface area (Å²) in [5.41, 5.74) is 0.596. The van der Waals surface area contributed by atoms with Crippen LogP contribution < -0.4 is 15.4 Å². The van der Waals surface area contributed by atoms with E-state index in [0.29, 0.717) is 10.9 Å². The van der Waals surface area contributed by atoms with E-state index in [4.69, 9.17) is 0 Å². The van der Waals surface area contributed by atoms with Crippen molar-refractivity contribution in [1.29, 1.82) is 0 Å². The summed E-state index contributed by atoms with van der Waals surface area (Å²) in [4.78, 5) is 0. The standard InChI is InChI=1S/C18H12O2/c19-12-7-9-13-14-5-1-3-11-4-2-6-16(17(11)14)18(20)15(13)10-8-12/h1-10,19-20H/p-2. The summed E-state index contributed by atoms with van der Waals surface area (Å²) in [5, 5.41) is 28.8. The summed E-state index contributed by atoms with van der Waals surface area (Å²) in [6, 6.07) is 11.7. The summed E-state index contributed by atoms with van der Waals surface area (Å²) >= 11 is 0. The third-order valence-electron chi connectivity index (χ3n) is 3.80. The van der Waals surface area contributed by atoms with Gasteiger partial charge in [0, 0.05) is 0 Å². The highest BCUT2D eigenvalue weighted by atomic mass is 16.3.